The van der Waals surface area contributed by atoms with Crippen molar-refractivity contribution in [1.82, 2.24) is 0 Å². The van der Waals surface area contributed by atoms with Crippen LogP contribution >= 0.6 is 0 Å². The third kappa shape index (κ3) is 3.88. The summed E-state index contributed by atoms with van der Waals surface area (Å²) in [6.07, 6.45) is 4.78. The number of aryl methyl sites for hydroxylation is 1. The average Bonchev–Trinajstić information content (AvgIpc) is 2.62. The van der Waals surface area contributed by atoms with Gasteiger partial charge in [-0.2, -0.15) is 0 Å². The minimum Gasteiger partial charge on any atom is -0.494 e. The predicted molar refractivity (Wildman–Crippen MR) is 99.6 cm³/mol. The van der Waals surface area contributed by atoms with Crippen molar-refractivity contribution in [2.45, 2.75) is 39.2 Å². The first-order chi connectivity index (χ1) is 11.8. The summed E-state index contributed by atoms with van der Waals surface area (Å²) < 4.78 is 5.63. The molecule has 2 aromatic carbocycles. The minimum atomic E-state index is 0.445. The van der Waals surface area contributed by atoms with E-state index >= 15 is 0 Å². The van der Waals surface area contributed by atoms with Crippen LogP contribution < -0.4 is 15.8 Å². The Morgan fingerprint density at radius 1 is 1.12 bits per heavy atom. The van der Waals surface area contributed by atoms with Gasteiger partial charge in [0, 0.05) is 11.3 Å². The molecule has 0 amide bonds. The second kappa shape index (κ2) is 7.86. The smallest absolute Gasteiger partial charge is 0.193 e. The lowest BCUT2D eigenvalue weighted by atomic mass is 9.90. The molecule has 24 heavy (non-hydrogen) atoms. The molecule has 0 radical (unpaired) electrons. The average molecular weight is 323 g/mol. The molecule has 2 aromatic rings. The molecule has 1 aliphatic carbocycles. The fourth-order valence-corrected chi connectivity index (χ4v) is 3.18. The van der Waals surface area contributed by atoms with Gasteiger partial charge in [-0.3, -0.25) is 0 Å². The first-order valence-corrected chi connectivity index (χ1v) is 8.66. The molecule has 0 aromatic heterocycles. The number of nitrogens with one attached hydrogen (secondary N) is 1. The van der Waals surface area contributed by atoms with E-state index in [-0.39, 0.29) is 0 Å². The first kappa shape index (κ1) is 16.4. The Morgan fingerprint density at radius 3 is 2.83 bits per heavy atom. The normalized spacial score (nSPS) is 14.1. The van der Waals surface area contributed by atoms with Crippen molar-refractivity contribution in [3.05, 3.63) is 59.2 Å². The molecule has 0 aliphatic heterocycles. The Hall–Kier alpha value is -2.49. The van der Waals surface area contributed by atoms with Crippen molar-refractivity contribution < 1.29 is 4.74 Å². The number of anilines is 1. The molecule has 0 saturated heterocycles. The molecular formula is C20H25N3O. The zero-order valence-corrected chi connectivity index (χ0v) is 14.2. The van der Waals surface area contributed by atoms with E-state index in [1.807, 2.05) is 31.2 Å². The Bertz CT molecular complexity index is 725. The van der Waals surface area contributed by atoms with Gasteiger partial charge in [0.2, 0.25) is 0 Å². The molecule has 0 fully saturated rings. The van der Waals surface area contributed by atoms with E-state index < -0.39 is 0 Å². The van der Waals surface area contributed by atoms with Crippen molar-refractivity contribution in [3.8, 4) is 5.75 Å². The molecule has 0 heterocycles. The highest BCUT2D eigenvalue weighted by Crippen LogP contribution is 2.27. The van der Waals surface area contributed by atoms with E-state index in [0.29, 0.717) is 19.1 Å². The molecule has 4 nitrogen and oxygen atoms in total. The Kier molecular flexibility index (Phi) is 5.36. The third-order valence-corrected chi connectivity index (χ3v) is 4.35. The Morgan fingerprint density at radius 2 is 1.96 bits per heavy atom. The summed E-state index contributed by atoms with van der Waals surface area (Å²) in [5.41, 5.74) is 11.1. The fourth-order valence-electron chi connectivity index (χ4n) is 3.18. The molecule has 126 valence electrons. The molecule has 3 rings (SSSR count). The van der Waals surface area contributed by atoms with E-state index in [9.17, 15) is 0 Å². The van der Waals surface area contributed by atoms with E-state index in [1.54, 1.807) is 0 Å². The van der Waals surface area contributed by atoms with Gasteiger partial charge in [-0.05, 0) is 55.9 Å². The summed E-state index contributed by atoms with van der Waals surface area (Å²) in [4.78, 5) is 4.48. The molecule has 0 atom stereocenters. The van der Waals surface area contributed by atoms with Crippen molar-refractivity contribution in [3.63, 3.8) is 0 Å². The van der Waals surface area contributed by atoms with E-state index in [0.717, 1.165) is 29.8 Å². The monoisotopic (exact) mass is 323 g/mol. The van der Waals surface area contributed by atoms with Gasteiger partial charge in [0.1, 0.15) is 5.75 Å². The molecule has 3 N–H and O–H groups in total. The Labute approximate surface area is 143 Å². The van der Waals surface area contributed by atoms with Crippen LogP contribution in [0.3, 0.4) is 0 Å². The van der Waals surface area contributed by atoms with Gasteiger partial charge in [-0.1, -0.05) is 30.3 Å². The van der Waals surface area contributed by atoms with Crippen LogP contribution in [0.25, 0.3) is 0 Å². The van der Waals surface area contributed by atoms with Crippen LogP contribution in [0.1, 0.15) is 36.5 Å². The number of para-hydroxylation sites is 1. The highest BCUT2D eigenvalue weighted by atomic mass is 16.5. The number of hydrogen-bond acceptors (Lipinski definition) is 2. The topological polar surface area (TPSA) is 59.6 Å². The molecule has 1 aliphatic rings. The lowest BCUT2D eigenvalue weighted by molar-refractivity contribution is 0.336. The summed E-state index contributed by atoms with van der Waals surface area (Å²) in [7, 11) is 0. The van der Waals surface area contributed by atoms with Crippen LogP contribution in [0.15, 0.2) is 47.5 Å². The molecular weight excluding hydrogens is 298 g/mol. The fraction of sp³-hybridized carbons (Fsp3) is 0.350. The van der Waals surface area contributed by atoms with E-state index in [2.05, 4.69) is 28.5 Å². The highest BCUT2D eigenvalue weighted by Gasteiger charge is 2.13. The predicted octanol–water partition coefficient (Wildman–Crippen LogP) is 3.89. The zero-order chi connectivity index (χ0) is 16.8. The number of nitrogens with two attached hydrogens (primary N) is 1. The molecule has 0 saturated carbocycles. The van der Waals surface area contributed by atoms with Gasteiger partial charge in [0.05, 0.1) is 13.2 Å². The second-order valence-electron chi connectivity index (χ2n) is 6.02. The van der Waals surface area contributed by atoms with Gasteiger partial charge in [-0.25, -0.2) is 4.99 Å². The summed E-state index contributed by atoms with van der Waals surface area (Å²) in [6, 6.07) is 14.3. The lowest BCUT2D eigenvalue weighted by Crippen LogP contribution is -2.24. The number of fused-ring (bicyclic) bond motifs is 1. The van der Waals surface area contributed by atoms with Crippen LogP contribution in [-0.2, 0) is 19.4 Å². The summed E-state index contributed by atoms with van der Waals surface area (Å²) in [6.45, 7) is 3.13. The van der Waals surface area contributed by atoms with Crippen LogP contribution in [0.5, 0.6) is 5.75 Å². The first-order valence-electron chi connectivity index (χ1n) is 8.66. The lowest BCUT2D eigenvalue weighted by Gasteiger charge is -2.19. The quantitative estimate of drug-likeness (QED) is 0.648. The maximum atomic E-state index is 6.11. The van der Waals surface area contributed by atoms with Crippen LogP contribution in [-0.4, -0.2) is 12.6 Å². The summed E-state index contributed by atoms with van der Waals surface area (Å²) in [5, 5.41) is 3.28. The zero-order valence-electron chi connectivity index (χ0n) is 14.2. The molecule has 0 bridgehead atoms. The van der Waals surface area contributed by atoms with Crippen molar-refractivity contribution in [1.29, 1.82) is 0 Å². The minimum absolute atomic E-state index is 0.445. The largest absolute Gasteiger partial charge is 0.494 e. The Balaban J connectivity index is 1.72. The number of guanidine groups is 1. The van der Waals surface area contributed by atoms with E-state index in [1.165, 1.54) is 24.0 Å². The molecule has 0 spiro atoms. The van der Waals surface area contributed by atoms with Gasteiger partial charge in [0.15, 0.2) is 5.96 Å². The van der Waals surface area contributed by atoms with Gasteiger partial charge < -0.3 is 15.8 Å². The standard InChI is InChI=1S/C20H25N3O/c1-2-24-19-13-6-4-9-16(19)14-22-20(21)23-18-12-7-10-15-8-3-5-11-17(15)18/h4,6-7,9-10,12-13H,2-3,5,8,11,14H2,1H3,(H3,21,22,23). The highest BCUT2D eigenvalue weighted by molar-refractivity contribution is 5.93. The third-order valence-electron chi connectivity index (χ3n) is 4.35. The number of hydrogen-bond donors (Lipinski definition) is 2. The number of aliphatic imine (C=N–C) groups is 1. The maximum Gasteiger partial charge on any atom is 0.193 e. The number of rotatable bonds is 5. The van der Waals surface area contributed by atoms with Crippen LogP contribution in [0.4, 0.5) is 5.69 Å². The van der Waals surface area contributed by atoms with Crippen molar-refractivity contribution >= 4 is 11.6 Å². The number of ether oxygens (including phenoxy) is 1. The maximum absolute atomic E-state index is 6.11. The van der Waals surface area contributed by atoms with Crippen LogP contribution in [0, 0.1) is 0 Å². The number of nitrogens with zero attached hydrogens (tertiary/aromatic N) is 1. The summed E-state index contributed by atoms with van der Waals surface area (Å²) in [5.74, 6) is 1.31. The number of benzene rings is 2. The van der Waals surface area contributed by atoms with Crippen molar-refractivity contribution in [2.24, 2.45) is 10.7 Å². The van der Waals surface area contributed by atoms with Gasteiger partial charge in [-0.15, -0.1) is 0 Å². The van der Waals surface area contributed by atoms with Crippen molar-refractivity contribution in [2.75, 3.05) is 11.9 Å². The molecule has 0 unspecified atom stereocenters. The molecule has 4 heteroatoms. The second-order valence-corrected chi connectivity index (χ2v) is 6.02. The summed E-state index contributed by atoms with van der Waals surface area (Å²) >= 11 is 0. The van der Waals surface area contributed by atoms with Gasteiger partial charge >= 0.3 is 0 Å². The SMILES string of the molecule is CCOc1ccccc1CN=C(N)Nc1cccc2c1CCCC2. The van der Waals surface area contributed by atoms with E-state index in [4.69, 9.17) is 10.5 Å². The van der Waals surface area contributed by atoms with Gasteiger partial charge in [0.25, 0.3) is 0 Å². The van der Waals surface area contributed by atoms with Crippen LogP contribution in [0.2, 0.25) is 0 Å².